The Morgan fingerprint density at radius 2 is 1.69 bits per heavy atom. The highest BCUT2D eigenvalue weighted by Crippen LogP contribution is 2.31. The van der Waals surface area contributed by atoms with Crippen molar-refractivity contribution in [2.75, 3.05) is 17.1 Å². The Morgan fingerprint density at radius 1 is 1.00 bits per heavy atom. The first kappa shape index (κ1) is 23.4. The summed E-state index contributed by atoms with van der Waals surface area (Å²) in [5, 5.41) is 2.96. The summed E-state index contributed by atoms with van der Waals surface area (Å²) >= 11 is 6.07. The standard InChI is InChI=1S/C23H23ClN2O5S/c1-15(2)31-18-11-8-16(9-12-18)23(27)25-17-10-13-21(30-3)22(14-17)32(28,29)26-20-7-5-4-6-19(20)24/h4-15,26H,1-3H3,(H,25,27). The Labute approximate surface area is 192 Å². The molecule has 0 atom stereocenters. The van der Waals surface area contributed by atoms with Crippen LogP contribution in [0.25, 0.3) is 0 Å². The highest BCUT2D eigenvalue weighted by atomic mass is 35.5. The summed E-state index contributed by atoms with van der Waals surface area (Å²) in [6.07, 6.45) is 0.0220. The van der Waals surface area contributed by atoms with Crippen LogP contribution in [0.1, 0.15) is 24.2 Å². The summed E-state index contributed by atoms with van der Waals surface area (Å²) in [5.74, 6) is 0.381. The van der Waals surface area contributed by atoms with Crippen LogP contribution in [-0.2, 0) is 10.0 Å². The van der Waals surface area contributed by atoms with E-state index < -0.39 is 15.9 Å². The van der Waals surface area contributed by atoms with Gasteiger partial charge in [0.25, 0.3) is 15.9 Å². The molecular formula is C23H23ClN2O5S. The van der Waals surface area contributed by atoms with Gasteiger partial charge in [-0.3, -0.25) is 9.52 Å². The van der Waals surface area contributed by atoms with Gasteiger partial charge in [-0.2, -0.15) is 0 Å². The third-order valence-electron chi connectivity index (χ3n) is 4.32. The van der Waals surface area contributed by atoms with E-state index in [2.05, 4.69) is 10.0 Å². The lowest BCUT2D eigenvalue weighted by atomic mass is 10.2. The monoisotopic (exact) mass is 474 g/mol. The number of carbonyl (C=O) groups excluding carboxylic acids is 1. The van der Waals surface area contributed by atoms with E-state index >= 15 is 0 Å². The van der Waals surface area contributed by atoms with Gasteiger partial charge in [0.2, 0.25) is 0 Å². The number of carbonyl (C=O) groups is 1. The molecule has 7 nitrogen and oxygen atoms in total. The third-order valence-corrected chi connectivity index (χ3v) is 6.03. The maximum atomic E-state index is 13.0. The Bertz CT molecular complexity index is 1210. The summed E-state index contributed by atoms with van der Waals surface area (Å²) in [4.78, 5) is 12.5. The predicted molar refractivity (Wildman–Crippen MR) is 125 cm³/mol. The molecule has 9 heteroatoms. The van der Waals surface area contributed by atoms with E-state index in [0.717, 1.165) is 0 Å². The second-order valence-electron chi connectivity index (χ2n) is 7.10. The van der Waals surface area contributed by atoms with Crippen molar-refractivity contribution in [2.24, 2.45) is 0 Å². The Balaban J connectivity index is 1.84. The molecule has 0 aliphatic carbocycles. The van der Waals surface area contributed by atoms with Crippen LogP contribution >= 0.6 is 11.6 Å². The third kappa shape index (κ3) is 5.72. The lowest BCUT2D eigenvalue weighted by Gasteiger charge is -2.14. The van der Waals surface area contributed by atoms with Crippen LogP contribution in [0, 0.1) is 0 Å². The maximum absolute atomic E-state index is 13.0. The van der Waals surface area contributed by atoms with Crippen molar-refractivity contribution < 1.29 is 22.7 Å². The Morgan fingerprint density at radius 3 is 2.31 bits per heavy atom. The number of sulfonamides is 1. The Hall–Kier alpha value is -3.23. The smallest absolute Gasteiger partial charge is 0.265 e. The molecule has 0 saturated heterocycles. The fraction of sp³-hybridized carbons (Fsp3) is 0.174. The number of ether oxygens (including phenoxy) is 2. The molecule has 3 aromatic carbocycles. The molecule has 1 amide bonds. The fourth-order valence-electron chi connectivity index (χ4n) is 2.87. The van der Waals surface area contributed by atoms with Gasteiger partial charge < -0.3 is 14.8 Å². The molecule has 32 heavy (non-hydrogen) atoms. The van der Waals surface area contributed by atoms with Crippen LogP contribution in [0.5, 0.6) is 11.5 Å². The average molecular weight is 475 g/mol. The molecule has 0 unspecified atom stereocenters. The van der Waals surface area contributed by atoms with Crippen LogP contribution in [0.4, 0.5) is 11.4 Å². The molecule has 3 aromatic rings. The van der Waals surface area contributed by atoms with Crippen molar-refractivity contribution in [1.82, 2.24) is 0 Å². The van der Waals surface area contributed by atoms with E-state index in [9.17, 15) is 13.2 Å². The SMILES string of the molecule is COc1ccc(NC(=O)c2ccc(OC(C)C)cc2)cc1S(=O)(=O)Nc1ccccc1Cl. The van der Waals surface area contributed by atoms with Gasteiger partial charge in [-0.1, -0.05) is 23.7 Å². The van der Waals surface area contributed by atoms with Crippen molar-refractivity contribution in [2.45, 2.75) is 24.8 Å². The predicted octanol–water partition coefficient (Wildman–Crippen LogP) is 5.19. The molecule has 0 aliphatic heterocycles. The molecule has 0 fully saturated rings. The number of benzene rings is 3. The van der Waals surface area contributed by atoms with Gasteiger partial charge in [0.1, 0.15) is 16.4 Å². The fourth-order valence-corrected chi connectivity index (χ4v) is 4.38. The van der Waals surface area contributed by atoms with E-state index in [1.165, 1.54) is 19.2 Å². The molecule has 0 spiro atoms. The number of hydrogen-bond donors (Lipinski definition) is 2. The van der Waals surface area contributed by atoms with Gasteiger partial charge in [-0.05, 0) is 68.4 Å². The van der Waals surface area contributed by atoms with Gasteiger partial charge in [0.15, 0.2) is 0 Å². The molecule has 3 rings (SSSR count). The number of para-hydroxylation sites is 1. The van der Waals surface area contributed by atoms with Gasteiger partial charge >= 0.3 is 0 Å². The average Bonchev–Trinajstić information content (AvgIpc) is 2.75. The van der Waals surface area contributed by atoms with Gasteiger partial charge in [0.05, 0.1) is 23.9 Å². The molecule has 2 N–H and O–H groups in total. The first-order chi connectivity index (χ1) is 15.2. The number of amides is 1. The van der Waals surface area contributed by atoms with Crippen molar-refractivity contribution in [3.05, 3.63) is 77.3 Å². The Kier molecular flexibility index (Phi) is 7.27. The summed E-state index contributed by atoms with van der Waals surface area (Å²) in [7, 11) is -2.68. The minimum atomic E-state index is -4.05. The largest absolute Gasteiger partial charge is 0.495 e. The van der Waals surface area contributed by atoms with E-state index in [1.807, 2.05) is 13.8 Å². The molecular weight excluding hydrogens is 452 g/mol. The first-order valence-electron chi connectivity index (χ1n) is 9.73. The van der Waals surface area contributed by atoms with Crippen LogP contribution < -0.4 is 19.5 Å². The van der Waals surface area contributed by atoms with Crippen molar-refractivity contribution in [3.63, 3.8) is 0 Å². The zero-order valence-corrected chi connectivity index (χ0v) is 19.3. The summed E-state index contributed by atoms with van der Waals surface area (Å²) in [5.41, 5.74) is 0.919. The summed E-state index contributed by atoms with van der Waals surface area (Å²) in [6, 6.07) is 17.5. The number of halogens is 1. The van der Waals surface area contributed by atoms with E-state index in [0.29, 0.717) is 11.3 Å². The summed E-state index contributed by atoms with van der Waals surface area (Å²) < 4.78 is 39.2. The van der Waals surface area contributed by atoms with Gasteiger partial charge in [-0.15, -0.1) is 0 Å². The molecule has 0 heterocycles. The number of nitrogens with one attached hydrogen (secondary N) is 2. The molecule has 0 aromatic heterocycles. The number of anilines is 2. The summed E-state index contributed by atoms with van der Waals surface area (Å²) in [6.45, 7) is 3.83. The van der Waals surface area contributed by atoms with E-state index in [4.69, 9.17) is 21.1 Å². The molecule has 0 saturated carbocycles. The quantitative estimate of drug-likeness (QED) is 0.468. The number of methoxy groups -OCH3 is 1. The van der Waals surface area contributed by atoms with Gasteiger partial charge in [-0.25, -0.2) is 8.42 Å². The normalized spacial score (nSPS) is 11.2. The highest BCUT2D eigenvalue weighted by molar-refractivity contribution is 7.92. The minimum absolute atomic E-state index is 0.0220. The maximum Gasteiger partial charge on any atom is 0.265 e. The highest BCUT2D eigenvalue weighted by Gasteiger charge is 2.22. The van der Waals surface area contributed by atoms with Crippen molar-refractivity contribution in [3.8, 4) is 11.5 Å². The molecule has 168 valence electrons. The van der Waals surface area contributed by atoms with Crippen LogP contribution in [0.2, 0.25) is 5.02 Å². The van der Waals surface area contributed by atoms with Crippen molar-refractivity contribution in [1.29, 1.82) is 0 Å². The number of rotatable bonds is 8. The van der Waals surface area contributed by atoms with E-state index in [-0.39, 0.29) is 33.1 Å². The topological polar surface area (TPSA) is 93.7 Å². The minimum Gasteiger partial charge on any atom is -0.495 e. The van der Waals surface area contributed by atoms with Crippen LogP contribution in [0.3, 0.4) is 0 Å². The second-order valence-corrected chi connectivity index (χ2v) is 9.15. The lowest BCUT2D eigenvalue weighted by Crippen LogP contribution is -2.16. The lowest BCUT2D eigenvalue weighted by molar-refractivity contribution is 0.102. The first-order valence-corrected chi connectivity index (χ1v) is 11.6. The second kappa shape index (κ2) is 9.93. The van der Waals surface area contributed by atoms with Crippen molar-refractivity contribution >= 4 is 38.9 Å². The van der Waals surface area contributed by atoms with Gasteiger partial charge in [0, 0.05) is 11.3 Å². The van der Waals surface area contributed by atoms with Crippen LogP contribution in [0.15, 0.2) is 71.6 Å². The zero-order valence-electron chi connectivity index (χ0n) is 17.8. The molecule has 0 aliphatic rings. The number of hydrogen-bond acceptors (Lipinski definition) is 5. The van der Waals surface area contributed by atoms with Crippen LogP contribution in [-0.4, -0.2) is 27.5 Å². The molecule has 0 radical (unpaired) electrons. The molecule has 0 bridgehead atoms. The zero-order chi connectivity index (χ0) is 23.3. The van der Waals surface area contributed by atoms with E-state index in [1.54, 1.807) is 54.6 Å².